The highest BCUT2D eigenvalue weighted by Crippen LogP contribution is 2.60. The maximum absolute atomic E-state index is 14.0. The van der Waals surface area contributed by atoms with Crippen molar-refractivity contribution in [3.63, 3.8) is 0 Å². The van der Waals surface area contributed by atoms with Crippen molar-refractivity contribution in [3.8, 4) is 0 Å². The van der Waals surface area contributed by atoms with Crippen molar-refractivity contribution in [3.05, 3.63) is 35.4 Å². The van der Waals surface area contributed by atoms with Gasteiger partial charge in [-0.2, -0.15) is 0 Å². The van der Waals surface area contributed by atoms with E-state index in [2.05, 4.69) is 5.32 Å². The number of hydrogen-bond acceptors (Lipinski definition) is 5. The van der Waals surface area contributed by atoms with Gasteiger partial charge in [0.15, 0.2) is 0 Å². The van der Waals surface area contributed by atoms with Gasteiger partial charge in [-0.25, -0.2) is 10.2 Å². The lowest BCUT2D eigenvalue weighted by molar-refractivity contribution is -0.133. The predicted molar refractivity (Wildman–Crippen MR) is 94.5 cm³/mol. The number of amides is 1. The summed E-state index contributed by atoms with van der Waals surface area (Å²) in [5, 5.41) is 12.5. The van der Waals surface area contributed by atoms with Crippen LogP contribution in [0.2, 0.25) is 0 Å². The quantitative estimate of drug-likeness (QED) is 0.418. The average Bonchev–Trinajstić information content (AvgIpc) is 2.67. The molecule has 2 aliphatic heterocycles. The third-order valence-corrected chi connectivity index (χ3v) is 8.28. The topological polar surface area (TPSA) is 90.9 Å². The van der Waals surface area contributed by atoms with E-state index >= 15 is 0 Å². The van der Waals surface area contributed by atoms with Crippen molar-refractivity contribution in [2.24, 2.45) is 0 Å². The van der Waals surface area contributed by atoms with Gasteiger partial charge in [0.25, 0.3) is 13.4 Å². The molecule has 0 bridgehead atoms. The number of rotatable bonds is 5. The van der Waals surface area contributed by atoms with E-state index in [0.29, 0.717) is 19.6 Å². The number of benzene rings is 1. The number of nitrogens with zero attached hydrogens (tertiary/aromatic N) is 1. The number of hydroxylamine groups is 1. The third-order valence-electron chi connectivity index (χ3n) is 5.08. The summed E-state index contributed by atoms with van der Waals surface area (Å²) in [7, 11) is -3.23. The summed E-state index contributed by atoms with van der Waals surface area (Å²) >= 11 is 0. The van der Waals surface area contributed by atoms with Gasteiger partial charge in [0.05, 0.1) is 12.3 Å². The Hall–Kier alpha value is -1.24. The van der Waals surface area contributed by atoms with Crippen LogP contribution in [0.1, 0.15) is 30.9 Å². The molecule has 2 atom stereocenters. The van der Waals surface area contributed by atoms with E-state index in [1.54, 1.807) is 10.2 Å². The minimum absolute atomic E-state index is 0.104. The molecular formula is C17H26N3O4P. The molecule has 0 aliphatic carbocycles. The maximum Gasteiger partial charge on any atom is 0.276 e. The van der Waals surface area contributed by atoms with Gasteiger partial charge >= 0.3 is 0 Å². The number of piperidine rings is 1. The molecule has 0 radical (unpaired) electrons. The largest absolute Gasteiger partial charge is 0.317 e. The van der Waals surface area contributed by atoms with Gasteiger partial charge < -0.3 is 9.84 Å². The van der Waals surface area contributed by atoms with Crippen LogP contribution in [-0.4, -0.2) is 47.2 Å². The molecule has 1 saturated heterocycles. The monoisotopic (exact) mass is 367 g/mol. The van der Waals surface area contributed by atoms with Crippen LogP contribution in [0.15, 0.2) is 24.3 Å². The van der Waals surface area contributed by atoms with Crippen LogP contribution in [0.4, 0.5) is 0 Å². The second-order valence-corrected chi connectivity index (χ2v) is 9.16. The average molecular weight is 367 g/mol. The van der Waals surface area contributed by atoms with E-state index in [4.69, 9.17) is 4.52 Å². The minimum atomic E-state index is -3.23. The standard InChI is InChI=1S/C17H26N3O4P/c1-2-24-25(23,15-7-9-18-10-8-15)20-12-14-6-4-3-5-13(14)11-16(20)17(21)19-22/h3-6,15-16,18,22H,2,7-12H2,1H3,(H,19,21)/t16-,25?/m1/s1. The molecule has 2 heterocycles. The number of carbonyl (C=O) groups excluding carboxylic acids is 1. The summed E-state index contributed by atoms with van der Waals surface area (Å²) in [5.41, 5.74) is 3.74. The summed E-state index contributed by atoms with van der Waals surface area (Å²) in [6.45, 7) is 4.13. The zero-order valence-electron chi connectivity index (χ0n) is 14.5. The summed E-state index contributed by atoms with van der Waals surface area (Å²) in [5.74, 6) is -0.539. The molecule has 1 unspecified atom stereocenters. The molecule has 0 saturated carbocycles. The van der Waals surface area contributed by atoms with Crippen LogP contribution in [0.3, 0.4) is 0 Å². The van der Waals surface area contributed by atoms with Crippen LogP contribution in [0.25, 0.3) is 0 Å². The second-order valence-electron chi connectivity index (χ2n) is 6.53. The predicted octanol–water partition coefficient (Wildman–Crippen LogP) is 1.90. The smallest absolute Gasteiger partial charge is 0.276 e. The first-order valence-electron chi connectivity index (χ1n) is 8.83. The fourth-order valence-corrected chi connectivity index (χ4v) is 6.80. The van der Waals surface area contributed by atoms with E-state index in [1.807, 2.05) is 31.2 Å². The van der Waals surface area contributed by atoms with E-state index in [9.17, 15) is 14.6 Å². The van der Waals surface area contributed by atoms with E-state index in [0.717, 1.165) is 37.1 Å². The molecule has 1 amide bonds. The first-order chi connectivity index (χ1) is 12.1. The molecule has 25 heavy (non-hydrogen) atoms. The number of nitrogens with one attached hydrogen (secondary N) is 2. The lowest BCUT2D eigenvalue weighted by Crippen LogP contribution is -2.50. The Labute approximate surface area is 148 Å². The maximum atomic E-state index is 14.0. The van der Waals surface area contributed by atoms with Gasteiger partial charge in [0.1, 0.15) is 6.04 Å². The van der Waals surface area contributed by atoms with Gasteiger partial charge in [0.2, 0.25) is 0 Å². The van der Waals surface area contributed by atoms with Gasteiger partial charge in [-0.3, -0.25) is 14.6 Å². The van der Waals surface area contributed by atoms with Crippen molar-refractivity contribution in [2.45, 2.75) is 44.4 Å². The Morgan fingerprint density at radius 1 is 1.36 bits per heavy atom. The number of fused-ring (bicyclic) bond motifs is 1. The Kier molecular flexibility index (Phi) is 5.92. The van der Waals surface area contributed by atoms with Crippen LogP contribution in [0.5, 0.6) is 0 Å². The van der Waals surface area contributed by atoms with Crippen molar-refractivity contribution in [1.29, 1.82) is 0 Å². The summed E-state index contributed by atoms with van der Waals surface area (Å²) in [6.07, 6.45) is 1.91. The van der Waals surface area contributed by atoms with Gasteiger partial charge in [-0.05, 0) is 50.4 Å². The molecule has 7 nitrogen and oxygen atoms in total. The van der Waals surface area contributed by atoms with Gasteiger partial charge in [-0.15, -0.1) is 0 Å². The Morgan fingerprint density at radius 2 is 2.04 bits per heavy atom. The van der Waals surface area contributed by atoms with E-state index < -0.39 is 19.5 Å². The van der Waals surface area contributed by atoms with Gasteiger partial charge in [-0.1, -0.05) is 24.3 Å². The normalized spacial score (nSPS) is 24.3. The fourth-order valence-electron chi connectivity index (χ4n) is 3.81. The highest BCUT2D eigenvalue weighted by Gasteiger charge is 2.47. The molecule has 3 rings (SSSR count). The molecule has 1 aromatic carbocycles. The number of hydrogen-bond donors (Lipinski definition) is 3. The molecule has 2 aliphatic rings. The molecule has 0 spiro atoms. The lowest BCUT2D eigenvalue weighted by atomic mass is 9.95. The molecular weight excluding hydrogens is 341 g/mol. The third kappa shape index (κ3) is 3.66. The first-order valence-corrected chi connectivity index (χ1v) is 10.5. The fraction of sp³-hybridized carbons (Fsp3) is 0.588. The van der Waals surface area contributed by atoms with Crippen LogP contribution in [0, 0.1) is 0 Å². The SMILES string of the molecule is CCOP(=O)(C1CCNCC1)N1Cc2ccccc2C[C@@H]1C(=O)NO. The Balaban J connectivity index is 1.99. The molecule has 1 fully saturated rings. The summed E-state index contributed by atoms with van der Waals surface area (Å²) in [6, 6.07) is 7.14. The highest BCUT2D eigenvalue weighted by molar-refractivity contribution is 7.57. The zero-order chi connectivity index (χ0) is 17.9. The van der Waals surface area contributed by atoms with Crippen molar-refractivity contribution in [2.75, 3.05) is 19.7 Å². The van der Waals surface area contributed by atoms with Crippen molar-refractivity contribution >= 4 is 13.4 Å². The van der Waals surface area contributed by atoms with Gasteiger partial charge in [0, 0.05) is 6.54 Å². The van der Waals surface area contributed by atoms with Crippen LogP contribution < -0.4 is 10.8 Å². The van der Waals surface area contributed by atoms with Crippen LogP contribution in [-0.2, 0) is 26.8 Å². The second kappa shape index (κ2) is 7.98. The number of carbonyl (C=O) groups is 1. The van der Waals surface area contributed by atoms with E-state index in [1.165, 1.54) is 0 Å². The summed E-state index contributed by atoms with van der Waals surface area (Å²) in [4.78, 5) is 12.3. The molecule has 138 valence electrons. The molecule has 0 aromatic heterocycles. The lowest BCUT2D eigenvalue weighted by Gasteiger charge is -2.43. The minimum Gasteiger partial charge on any atom is -0.317 e. The Morgan fingerprint density at radius 3 is 2.68 bits per heavy atom. The molecule has 3 N–H and O–H groups in total. The van der Waals surface area contributed by atoms with E-state index in [-0.39, 0.29) is 5.66 Å². The van der Waals surface area contributed by atoms with Crippen molar-refractivity contribution < 1.29 is 19.1 Å². The molecule has 8 heteroatoms. The molecule has 1 aromatic rings. The van der Waals surface area contributed by atoms with Crippen LogP contribution >= 0.6 is 7.52 Å². The first kappa shape index (κ1) is 18.5. The zero-order valence-corrected chi connectivity index (χ0v) is 15.4. The summed E-state index contributed by atoms with van der Waals surface area (Å²) < 4.78 is 21.5. The van der Waals surface area contributed by atoms with Crippen molar-refractivity contribution in [1.82, 2.24) is 15.5 Å². The highest BCUT2D eigenvalue weighted by atomic mass is 31.2. The Bertz CT molecular complexity index is 663.